The van der Waals surface area contributed by atoms with Crippen LogP contribution in [0.3, 0.4) is 0 Å². The van der Waals surface area contributed by atoms with Crippen molar-refractivity contribution in [2.24, 2.45) is 0 Å². The van der Waals surface area contributed by atoms with Crippen molar-refractivity contribution in [2.45, 2.75) is 39.8 Å². The second-order valence-electron chi connectivity index (χ2n) is 6.61. The maximum Gasteiger partial charge on any atom is 0.242 e. The van der Waals surface area contributed by atoms with Gasteiger partial charge in [-0.2, -0.15) is 0 Å². The predicted molar refractivity (Wildman–Crippen MR) is 105 cm³/mol. The van der Waals surface area contributed by atoms with Crippen LogP contribution in [0.1, 0.15) is 29.2 Å². The molecule has 0 aliphatic rings. The van der Waals surface area contributed by atoms with Crippen LogP contribution in [-0.2, 0) is 22.6 Å². The molecule has 0 aromatic heterocycles. The van der Waals surface area contributed by atoms with E-state index >= 15 is 0 Å². The molecule has 0 saturated heterocycles. The molecule has 26 heavy (non-hydrogen) atoms. The highest BCUT2D eigenvalue weighted by Gasteiger charge is 2.25. The largest absolute Gasteiger partial charge is 0.357 e. The molecule has 2 amide bonds. The zero-order valence-electron chi connectivity index (χ0n) is 15.7. The van der Waals surface area contributed by atoms with E-state index in [1.807, 2.05) is 38.1 Å². The SMILES string of the molecule is CNC(=O)C(C)N(Cc1ccc(Cl)cc1)C(=O)Cc1cc(C)cc(C)c1. The van der Waals surface area contributed by atoms with Gasteiger partial charge in [-0.25, -0.2) is 0 Å². The van der Waals surface area contributed by atoms with E-state index in [0.29, 0.717) is 11.6 Å². The summed E-state index contributed by atoms with van der Waals surface area (Å²) < 4.78 is 0. The van der Waals surface area contributed by atoms with Gasteiger partial charge in [0.2, 0.25) is 11.8 Å². The molecule has 0 aliphatic heterocycles. The van der Waals surface area contributed by atoms with Gasteiger partial charge in [0.25, 0.3) is 0 Å². The number of carbonyl (C=O) groups is 2. The minimum Gasteiger partial charge on any atom is -0.357 e. The van der Waals surface area contributed by atoms with Crippen molar-refractivity contribution in [3.05, 3.63) is 69.7 Å². The average molecular weight is 373 g/mol. The quantitative estimate of drug-likeness (QED) is 0.841. The van der Waals surface area contributed by atoms with Crippen LogP contribution >= 0.6 is 11.6 Å². The minimum atomic E-state index is -0.561. The zero-order chi connectivity index (χ0) is 19.3. The van der Waals surface area contributed by atoms with Crippen LogP contribution in [0.4, 0.5) is 0 Å². The Kier molecular flexibility index (Phi) is 6.81. The Morgan fingerprint density at radius 3 is 2.15 bits per heavy atom. The van der Waals surface area contributed by atoms with E-state index in [0.717, 1.165) is 22.3 Å². The molecule has 4 nitrogen and oxygen atoms in total. The van der Waals surface area contributed by atoms with E-state index in [-0.39, 0.29) is 18.2 Å². The molecule has 0 bridgehead atoms. The first-order valence-corrected chi connectivity index (χ1v) is 9.00. The van der Waals surface area contributed by atoms with E-state index < -0.39 is 6.04 Å². The van der Waals surface area contributed by atoms with Crippen LogP contribution < -0.4 is 5.32 Å². The molecular formula is C21H25ClN2O2. The van der Waals surface area contributed by atoms with E-state index in [9.17, 15) is 9.59 Å². The summed E-state index contributed by atoms with van der Waals surface area (Å²) in [5, 5.41) is 3.26. The summed E-state index contributed by atoms with van der Waals surface area (Å²) in [6.07, 6.45) is 0.261. The highest BCUT2D eigenvalue weighted by molar-refractivity contribution is 6.30. The number of benzene rings is 2. The molecule has 0 radical (unpaired) electrons. The fraction of sp³-hybridized carbons (Fsp3) is 0.333. The highest BCUT2D eigenvalue weighted by atomic mass is 35.5. The highest BCUT2D eigenvalue weighted by Crippen LogP contribution is 2.16. The lowest BCUT2D eigenvalue weighted by atomic mass is 10.0. The van der Waals surface area contributed by atoms with Crippen molar-refractivity contribution < 1.29 is 9.59 Å². The molecule has 1 unspecified atom stereocenters. The average Bonchev–Trinajstić information content (AvgIpc) is 2.58. The second-order valence-corrected chi connectivity index (χ2v) is 7.05. The third-order valence-electron chi connectivity index (χ3n) is 4.32. The van der Waals surface area contributed by atoms with Gasteiger partial charge in [0.15, 0.2) is 0 Å². The number of nitrogens with zero attached hydrogens (tertiary/aromatic N) is 1. The van der Waals surface area contributed by atoms with Crippen molar-refractivity contribution in [1.82, 2.24) is 10.2 Å². The number of likely N-dealkylation sites (N-methyl/N-ethyl adjacent to an activating group) is 1. The van der Waals surface area contributed by atoms with Crippen LogP contribution in [0.5, 0.6) is 0 Å². The Bertz CT molecular complexity index is 767. The topological polar surface area (TPSA) is 49.4 Å². The summed E-state index contributed by atoms with van der Waals surface area (Å²) in [7, 11) is 1.58. The standard InChI is InChI=1S/C21H25ClN2O2/c1-14-9-15(2)11-18(10-14)12-20(25)24(16(3)21(26)23-4)13-17-5-7-19(22)8-6-17/h5-11,16H,12-13H2,1-4H3,(H,23,26). The van der Waals surface area contributed by atoms with Crippen LogP contribution in [-0.4, -0.2) is 29.8 Å². The molecule has 138 valence electrons. The summed E-state index contributed by atoms with van der Waals surface area (Å²) >= 11 is 5.94. The first kappa shape index (κ1) is 20.0. The lowest BCUT2D eigenvalue weighted by Gasteiger charge is -2.28. The fourth-order valence-corrected chi connectivity index (χ4v) is 3.15. The number of carbonyl (C=O) groups excluding carboxylic acids is 2. The molecule has 1 N–H and O–H groups in total. The molecular weight excluding hydrogens is 348 g/mol. The Hall–Kier alpha value is -2.33. The Balaban J connectivity index is 2.24. The molecule has 2 aromatic rings. The van der Waals surface area contributed by atoms with Crippen molar-refractivity contribution >= 4 is 23.4 Å². The lowest BCUT2D eigenvalue weighted by Crippen LogP contribution is -2.47. The number of rotatable bonds is 6. The number of aryl methyl sites for hydroxylation is 2. The molecule has 0 saturated carbocycles. The fourth-order valence-electron chi connectivity index (χ4n) is 3.03. The van der Waals surface area contributed by atoms with Gasteiger partial charge < -0.3 is 10.2 Å². The molecule has 2 aromatic carbocycles. The van der Waals surface area contributed by atoms with Gasteiger partial charge in [0, 0.05) is 18.6 Å². The van der Waals surface area contributed by atoms with Crippen molar-refractivity contribution in [1.29, 1.82) is 0 Å². The van der Waals surface area contributed by atoms with E-state index in [1.54, 1.807) is 31.0 Å². The number of hydrogen-bond acceptors (Lipinski definition) is 2. The van der Waals surface area contributed by atoms with E-state index in [1.165, 1.54) is 0 Å². The smallest absolute Gasteiger partial charge is 0.242 e. The summed E-state index contributed by atoms with van der Waals surface area (Å²) in [4.78, 5) is 26.7. The van der Waals surface area contributed by atoms with Gasteiger partial charge in [-0.1, -0.05) is 53.1 Å². The van der Waals surface area contributed by atoms with Gasteiger partial charge in [-0.3, -0.25) is 9.59 Å². The predicted octanol–water partition coefficient (Wildman–Crippen LogP) is 3.66. The molecule has 5 heteroatoms. The first-order chi connectivity index (χ1) is 12.3. The first-order valence-electron chi connectivity index (χ1n) is 8.63. The van der Waals surface area contributed by atoms with E-state index in [4.69, 9.17) is 11.6 Å². The van der Waals surface area contributed by atoms with Gasteiger partial charge in [0.05, 0.1) is 6.42 Å². The number of nitrogens with one attached hydrogen (secondary N) is 1. The molecule has 0 spiro atoms. The van der Waals surface area contributed by atoms with Crippen LogP contribution in [0.25, 0.3) is 0 Å². The minimum absolute atomic E-state index is 0.0824. The summed E-state index contributed by atoms with van der Waals surface area (Å²) in [6, 6.07) is 12.8. The monoisotopic (exact) mass is 372 g/mol. The number of amides is 2. The van der Waals surface area contributed by atoms with Gasteiger partial charge in [-0.15, -0.1) is 0 Å². The lowest BCUT2D eigenvalue weighted by molar-refractivity contribution is -0.139. The maximum atomic E-state index is 13.0. The number of hydrogen-bond donors (Lipinski definition) is 1. The third-order valence-corrected chi connectivity index (χ3v) is 4.57. The van der Waals surface area contributed by atoms with Crippen LogP contribution in [0.15, 0.2) is 42.5 Å². The summed E-state index contributed by atoms with van der Waals surface area (Å²) in [5.41, 5.74) is 4.13. The van der Waals surface area contributed by atoms with Gasteiger partial charge in [-0.05, 0) is 44.0 Å². The Morgan fingerprint density at radius 2 is 1.62 bits per heavy atom. The zero-order valence-corrected chi connectivity index (χ0v) is 16.4. The van der Waals surface area contributed by atoms with Crippen molar-refractivity contribution in [2.75, 3.05) is 7.05 Å². The Morgan fingerprint density at radius 1 is 1.04 bits per heavy atom. The van der Waals surface area contributed by atoms with Gasteiger partial charge in [0.1, 0.15) is 6.04 Å². The van der Waals surface area contributed by atoms with Crippen LogP contribution in [0.2, 0.25) is 5.02 Å². The van der Waals surface area contributed by atoms with Crippen molar-refractivity contribution in [3.8, 4) is 0 Å². The van der Waals surface area contributed by atoms with Crippen molar-refractivity contribution in [3.63, 3.8) is 0 Å². The molecule has 0 heterocycles. The molecule has 0 fully saturated rings. The molecule has 1 atom stereocenters. The third kappa shape index (κ3) is 5.33. The number of halogens is 1. The maximum absolute atomic E-state index is 13.0. The second kappa shape index (κ2) is 8.86. The normalized spacial score (nSPS) is 11.7. The molecule has 2 rings (SSSR count). The van der Waals surface area contributed by atoms with E-state index in [2.05, 4.69) is 11.4 Å². The Labute approximate surface area is 160 Å². The summed E-state index contributed by atoms with van der Waals surface area (Å²) in [5.74, 6) is -0.270. The van der Waals surface area contributed by atoms with Crippen LogP contribution in [0, 0.1) is 13.8 Å². The molecule has 0 aliphatic carbocycles. The summed E-state index contributed by atoms with van der Waals surface area (Å²) in [6.45, 7) is 6.13. The van der Waals surface area contributed by atoms with Gasteiger partial charge >= 0.3 is 0 Å².